The molecule has 0 aromatic carbocycles. The van der Waals surface area contributed by atoms with Crippen LogP contribution in [0.25, 0.3) is 0 Å². The van der Waals surface area contributed by atoms with E-state index >= 15 is 0 Å². The van der Waals surface area contributed by atoms with Gasteiger partial charge in [-0.05, 0) is 73.0 Å². The fourth-order valence-corrected chi connectivity index (χ4v) is 2.64. The highest BCUT2D eigenvalue weighted by atomic mass is 16.5. The molecule has 0 spiro atoms. The van der Waals surface area contributed by atoms with Crippen molar-refractivity contribution in [3.8, 4) is 0 Å². The van der Waals surface area contributed by atoms with E-state index in [2.05, 4.69) is 30.3 Å². The molecule has 0 aliphatic carbocycles. The quantitative estimate of drug-likeness (QED) is 0.758. The molecule has 0 aromatic heterocycles. The Morgan fingerprint density at radius 2 is 1.57 bits per heavy atom. The van der Waals surface area contributed by atoms with Gasteiger partial charge in [-0.1, -0.05) is 0 Å². The lowest BCUT2D eigenvalue weighted by Crippen LogP contribution is -2.44. The van der Waals surface area contributed by atoms with E-state index in [0.717, 1.165) is 12.1 Å². The van der Waals surface area contributed by atoms with Crippen LogP contribution < -0.4 is 5.32 Å². The van der Waals surface area contributed by atoms with Gasteiger partial charge in [-0.15, -0.1) is 13.2 Å². The molecule has 128 valence electrons. The van der Waals surface area contributed by atoms with Crippen molar-refractivity contribution in [1.29, 1.82) is 0 Å². The van der Waals surface area contributed by atoms with Crippen molar-refractivity contribution in [2.45, 2.75) is 71.1 Å². The summed E-state index contributed by atoms with van der Waals surface area (Å²) in [5.41, 5.74) is 0.0417. The first kappa shape index (κ1) is 22.9. The number of hydrogen-bond donors (Lipinski definition) is 1. The van der Waals surface area contributed by atoms with Crippen LogP contribution >= 0.6 is 0 Å². The first-order chi connectivity index (χ1) is 9.44. The maximum absolute atomic E-state index is 4.94. The number of methoxy groups -OCH3 is 1. The van der Waals surface area contributed by atoms with Crippen molar-refractivity contribution in [3.63, 3.8) is 0 Å². The van der Waals surface area contributed by atoms with Crippen molar-refractivity contribution < 1.29 is 10.2 Å². The van der Waals surface area contributed by atoms with Crippen LogP contribution in [0.2, 0.25) is 0 Å². The summed E-state index contributed by atoms with van der Waals surface area (Å²) >= 11 is 0. The van der Waals surface area contributed by atoms with Crippen LogP contribution in [0, 0.1) is 0 Å². The monoisotopic (exact) mass is 302 g/mol. The molecule has 2 aliphatic heterocycles. The van der Waals surface area contributed by atoms with Crippen LogP contribution in [0.1, 0.15) is 53.4 Å². The molecule has 0 radical (unpaired) electrons. The third-order valence-corrected chi connectivity index (χ3v) is 3.99. The van der Waals surface area contributed by atoms with E-state index < -0.39 is 0 Å². The van der Waals surface area contributed by atoms with E-state index in [1.807, 2.05) is 20.8 Å². The van der Waals surface area contributed by atoms with Gasteiger partial charge in [-0.3, -0.25) is 4.90 Å². The van der Waals surface area contributed by atoms with E-state index in [4.69, 9.17) is 4.74 Å². The Labute approximate surface area is 132 Å². The number of ether oxygens (including phenoxy) is 1. The van der Waals surface area contributed by atoms with Gasteiger partial charge >= 0.3 is 0 Å². The van der Waals surface area contributed by atoms with Crippen molar-refractivity contribution in [1.82, 2.24) is 10.2 Å². The maximum Gasteiger partial charge on any atom is 0.0594 e. The first-order valence-corrected chi connectivity index (χ1v) is 7.95. The van der Waals surface area contributed by atoms with Gasteiger partial charge in [0.05, 0.1) is 5.60 Å². The summed E-state index contributed by atoms with van der Waals surface area (Å²) in [5.74, 6) is 0. The summed E-state index contributed by atoms with van der Waals surface area (Å²) in [6.45, 7) is 18.3. The fourth-order valence-electron chi connectivity index (χ4n) is 2.64. The van der Waals surface area contributed by atoms with Crippen LogP contribution in [0.15, 0.2) is 13.2 Å². The van der Waals surface area contributed by atoms with E-state index in [-0.39, 0.29) is 11.1 Å². The number of rotatable bonds is 1. The summed E-state index contributed by atoms with van der Waals surface area (Å²) < 4.78 is 4.94. The number of nitrogens with zero attached hydrogens (tertiary/aromatic N) is 1. The second kappa shape index (κ2) is 12.2. The van der Waals surface area contributed by atoms with E-state index in [0.29, 0.717) is 0 Å². The van der Waals surface area contributed by atoms with Gasteiger partial charge in [0.25, 0.3) is 0 Å². The smallest absolute Gasteiger partial charge is 0.0594 e. The third kappa shape index (κ3) is 10.0. The zero-order valence-electron chi connectivity index (χ0n) is 14.9. The summed E-state index contributed by atoms with van der Waals surface area (Å²) in [5, 5.41) is 3.43. The minimum absolute atomic E-state index is 0. The molecule has 3 N–H and O–H groups in total. The Bertz CT molecular complexity index is 235. The van der Waals surface area contributed by atoms with Crippen LogP contribution in [0.5, 0.6) is 0 Å². The number of nitrogens with one attached hydrogen (secondary N) is 1. The minimum atomic E-state index is 0. The van der Waals surface area contributed by atoms with Crippen LogP contribution in [0.3, 0.4) is 0 Å². The molecule has 2 rings (SSSR count). The second-order valence-electron chi connectivity index (χ2n) is 6.53. The summed E-state index contributed by atoms with van der Waals surface area (Å²) in [6, 6.07) is 1.75. The first-order valence-electron chi connectivity index (χ1n) is 7.95. The lowest BCUT2D eigenvalue weighted by Gasteiger charge is -2.34. The molecular weight excluding hydrogens is 264 g/mol. The standard InChI is InChI=1S/C10H20N2.C5H12O.C2H4.H2O/c1-9-3-2-8-12(9)10-4-6-11-7-5-10;1-5(2,3)6-4;1-2;/h9-11H,2-8H2,1H3;1-4H3;1-2H2;1H2. The lowest BCUT2D eigenvalue weighted by molar-refractivity contribution is 0.0397. The van der Waals surface area contributed by atoms with E-state index in [9.17, 15) is 0 Å². The lowest BCUT2D eigenvalue weighted by atomic mass is 10.0. The van der Waals surface area contributed by atoms with Gasteiger partial charge in [-0.25, -0.2) is 0 Å². The molecule has 1 unspecified atom stereocenters. The summed E-state index contributed by atoms with van der Waals surface area (Å²) in [4.78, 5) is 2.72. The molecule has 2 saturated heterocycles. The number of piperidine rings is 1. The van der Waals surface area contributed by atoms with Crippen molar-refractivity contribution >= 4 is 0 Å². The highest BCUT2D eigenvalue weighted by molar-refractivity contribution is 4.84. The zero-order valence-corrected chi connectivity index (χ0v) is 14.9. The highest BCUT2D eigenvalue weighted by Gasteiger charge is 2.28. The Kier molecular flexibility index (Phi) is 13.2. The van der Waals surface area contributed by atoms with Crippen LogP contribution in [0.4, 0.5) is 0 Å². The van der Waals surface area contributed by atoms with Gasteiger partial charge in [0.1, 0.15) is 0 Å². The number of hydrogen-bond acceptors (Lipinski definition) is 3. The molecule has 2 aliphatic rings. The second-order valence-corrected chi connectivity index (χ2v) is 6.53. The Morgan fingerprint density at radius 3 is 1.90 bits per heavy atom. The average molecular weight is 303 g/mol. The summed E-state index contributed by atoms with van der Waals surface area (Å²) in [7, 11) is 1.71. The zero-order chi connectivity index (χ0) is 15.6. The topological polar surface area (TPSA) is 56.0 Å². The number of likely N-dealkylation sites (tertiary alicyclic amines) is 1. The van der Waals surface area contributed by atoms with Crippen LogP contribution in [-0.2, 0) is 4.74 Å². The van der Waals surface area contributed by atoms with E-state index in [1.54, 1.807) is 7.11 Å². The molecule has 0 amide bonds. The predicted octanol–water partition coefficient (Wildman–Crippen LogP) is 2.63. The molecule has 2 fully saturated rings. The van der Waals surface area contributed by atoms with Crippen molar-refractivity contribution in [2.75, 3.05) is 26.7 Å². The highest BCUT2D eigenvalue weighted by Crippen LogP contribution is 2.23. The van der Waals surface area contributed by atoms with Gasteiger partial charge < -0.3 is 15.5 Å². The molecule has 0 saturated carbocycles. The predicted molar refractivity (Wildman–Crippen MR) is 92.9 cm³/mol. The minimum Gasteiger partial charge on any atom is -0.412 e. The van der Waals surface area contributed by atoms with Crippen LogP contribution in [-0.4, -0.2) is 54.8 Å². The fraction of sp³-hybridized carbons (Fsp3) is 0.882. The Morgan fingerprint density at radius 1 is 1.10 bits per heavy atom. The molecule has 4 heteroatoms. The van der Waals surface area contributed by atoms with Gasteiger partial charge in [0.15, 0.2) is 0 Å². The molecule has 0 bridgehead atoms. The van der Waals surface area contributed by atoms with Gasteiger partial charge in [0, 0.05) is 19.2 Å². The molecular formula is C17H38N2O2. The largest absolute Gasteiger partial charge is 0.412 e. The molecule has 4 nitrogen and oxygen atoms in total. The average Bonchev–Trinajstić information content (AvgIpc) is 2.88. The SMILES string of the molecule is C=C.CC1CCCN1C1CCNCC1.COC(C)(C)C.O. The maximum atomic E-state index is 4.94. The molecule has 21 heavy (non-hydrogen) atoms. The Balaban J connectivity index is 0. The normalized spacial score (nSPS) is 23.2. The third-order valence-electron chi connectivity index (χ3n) is 3.99. The summed E-state index contributed by atoms with van der Waals surface area (Å²) in [6.07, 6.45) is 5.57. The van der Waals surface area contributed by atoms with E-state index in [1.165, 1.54) is 45.3 Å². The van der Waals surface area contributed by atoms with Gasteiger partial charge in [-0.2, -0.15) is 0 Å². The van der Waals surface area contributed by atoms with Gasteiger partial charge in [0.2, 0.25) is 0 Å². The molecule has 2 heterocycles. The van der Waals surface area contributed by atoms with Crippen molar-refractivity contribution in [3.05, 3.63) is 13.2 Å². The molecule has 1 atom stereocenters. The van der Waals surface area contributed by atoms with Crippen molar-refractivity contribution in [2.24, 2.45) is 0 Å². The molecule has 0 aromatic rings. The Hall–Kier alpha value is -0.420.